The molecule has 2 aromatic heterocycles. The van der Waals surface area contributed by atoms with Gasteiger partial charge in [0.1, 0.15) is 5.01 Å². The van der Waals surface area contributed by atoms with Crippen LogP contribution in [0.1, 0.15) is 49.2 Å². The molecule has 0 unspecified atom stereocenters. The minimum absolute atomic E-state index is 0.0782. The van der Waals surface area contributed by atoms with Gasteiger partial charge in [-0.25, -0.2) is 0 Å². The standard InChI is InChI=1S/C19H25N5O4S/c1-19(2,3)17-21-22-18(29-17)20-14(25)6-7-15(26)23-8-10-24(11-9-23)16(27)13-5-4-12-28-13/h4-5,12H,6-11H2,1-3H3,(H,20,22,25). The monoisotopic (exact) mass is 419 g/mol. The Kier molecular flexibility index (Phi) is 6.31. The third kappa shape index (κ3) is 5.41. The molecule has 0 saturated carbocycles. The number of anilines is 1. The highest BCUT2D eigenvalue weighted by molar-refractivity contribution is 7.15. The molecule has 0 aliphatic carbocycles. The molecule has 1 fully saturated rings. The molecule has 1 N–H and O–H groups in total. The first-order valence-electron chi connectivity index (χ1n) is 9.48. The van der Waals surface area contributed by atoms with Crippen molar-refractivity contribution in [1.82, 2.24) is 20.0 Å². The summed E-state index contributed by atoms with van der Waals surface area (Å²) in [6, 6.07) is 3.30. The fraction of sp³-hybridized carbons (Fsp3) is 0.526. The van der Waals surface area contributed by atoms with Crippen molar-refractivity contribution in [3.63, 3.8) is 0 Å². The van der Waals surface area contributed by atoms with Crippen molar-refractivity contribution in [2.75, 3.05) is 31.5 Å². The van der Waals surface area contributed by atoms with E-state index >= 15 is 0 Å². The molecule has 0 atom stereocenters. The van der Waals surface area contributed by atoms with Gasteiger partial charge in [0.25, 0.3) is 5.91 Å². The number of hydrogen-bond donors (Lipinski definition) is 1. The van der Waals surface area contributed by atoms with Crippen molar-refractivity contribution in [3.8, 4) is 0 Å². The van der Waals surface area contributed by atoms with Gasteiger partial charge in [-0.3, -0.25) is 14.4 Å². The summed E-state index contributed by atoms with van der Waals surface area (Å²) in [6.07, 6.45) is 1.65. The molecule has 10 heteroatoms. The van der Waals surface area contributed by atoms with Crippen LogP contribution in [-0.4, -0.2) is 63.9 Å². The predicted molar refractivity (Wildman–Crippen MR) is 108 cm³/mol. The summed E-state index contributed by atoms with van der Waals surface area (Å²) >= 11 is 1.34. The number of furan rings is 1. The van der Waals surface area contributed by atoms with Gasteiger partial charge in [0, 0.05) is 44.4 Å². The fourth-order valence-electron chi connectivity index (χ4n) is 2.85. The number of amides is 3. The second-order valence-corrected chi connectivity index (χ2v) is 8.84. The summed E-state index contributed by atoms with van der Waals surface area (Å²) < 4.78 is 5.13. The van der Waals surface area contributed by atoms with E-state index in [0.717, 1.165) is 5.01 Å². The van der Waals surface area contributed by atoms with E-state index in [1.165, 1.54) is 17.6 Å². The summed E-state index contributed by atoms with van der Waals surface area (Å²) in [7, 11) is 0. The number of nitrogens with zero attached hydrogens (tertiary/aromatic N) is 4. The van der Waals surface area contributed by atoms with E-state index in [4.69, 9.17) is 4.42 Å². The van der Waals surface area contributed by atoms with E-state index in [0.29, 0.717) is 37.1 Å². The molecule has 1 saturated heterocycles. The molecule has 9 nitrogen and oxygen atoms in total. The molecule has 0 bridgehead atoms. The Hall–Kier alpha value is -2.75. The first-order chi connectivity index (χ1) is 13.7. The van der Waals surface area contributed by atoms with Gasteiger partial charge >= 0.3 is 0 Å². The Morgan fingerprint density at radius 3 is 2.38 bits per heavy atom. The minimum atomic E-state index is -0.262. The van der Waals surface area contributed by atoms with E-state index in [1.54, 1.807) is 21.9 Å². The number of nitrogens with one attached hydrogen (secondary N) is 1. The summed E-state index contributed by atoms with van der Waals surface area (Å²) in [6.45, 7) is 7.85. The number of aromatic nitrogens is 2. The smallest absolute Gasteiger partial charge is 0.289 e. The number of rotatable bonds is 5. The maximum absolute atomic E-state index is 12.4. The van der Waals surface area contributed by atoms with Crippen LogP contribution in [0.5, 0.6) is 0 Å². The molecule has 0 aromatic carbocycles. The van der Waals surface area contributed by atoms with Crippen LogP contribution in [0.15, 0.2) is 22.8 Å². The average molecular weight is 420 g/mol. The Morgan fingerprint density at radius 1 is 1.10 bits per heavy atom. The number of piperazine rings is 1. The SMILES string of the molecule is CC(C)(C)c1nnc(NC(=O)CCC(=O)N2CCN(C(=O)c3ccco3)CC2)s1. The molecular weight excluding hydrogens is 394 g/mol. The lowest BCUT2D eigenvalue weighted by Gasteiger charge is -2.34. The normalized spacial score (nSPS) is 14.7. The highest BCUT2D eigenvalue weighted by Crippen LogP contribution is 2.27. The van der Waals surface area contributed by atoms with Gasteiger partial charge in [-0.05, 0) is 12.1 Å². The zero-order valence-electron chi connectivity index (χ0n) is 16.8. The van der Waals surface area contributed by atoms with Crippen molar-refractivity contribution in [2.24, 2.45) is 0 Å². The van der Waals surface area contributed by atoms with Gasteiger partial charge in [0.05, 0.1) is 6.26 Å². The van der Waals surface area contributed by atoms with Gasteiger partial charge in [-0.1, -0.05) is 32.1 Å². The third-order valence-corrected chi connectivity index (χ3v) is 5.79. The molecule has 3 rings (SSSR count). The average Bonchev–Trinajstić information content (AvgIpc) is 3.37. The molecule has 1 aliphatic heterocycles. The van der Waals surface area contributed by atoms with Crippen LogP contribution in [0.3, 0.4) is 0 Å². The summed E-state index contributed by atoms with van der Waals surface area (Å²) in [5.41, 5.74) is -0.128. The zero-order valence-corrected chi connectivity index (χ0v) is 17.6. The van der Waals surface area contributed by atoms with Crippen LogP contribution in [0.25, 0.3) is 0 Å². The largest absolute Gasteiger partial charge is 0.459 e. The van der Waals surface area contributed by atoms with E-state index in [1.807, 2.05) is 20.8 Å². The van der Waals surface area contributed by atoms with Crippen molar-refractivity contribution in [2.45, 2.75) is 39.0 Å². The van der Waals surface area contributed by atoms with E-state index in [9.17, 15) is 14.4 Å². The number of hydrogen-bond acceptors (Lipinski definition) is 7. The molecule has 3 heterocycles. The van der Waals surface area contributed by atoms with Crippen molar-refractivity contribution in [3.05, 3.63) is 29.2 Å². The van der Waals surface area contributed by atoms with Gasteiger partial charge in [0.15, 0.2) is 5.76 Å². The Morgan fingerprint density at radius 2 is 1.79 bits per heavy atom. The van der Waals surface area contributed by atoms with E-state index < -0.39 is 0 Å². The lowest BCUT2D eigenvalue weighted by molar-refractivity contribution is -0.134. The fourth-order valence-corrected chi connectivity index (χ4v) is 3.67. The summed E-state index contributed by atoms with van der Waals surface area (Å²) in [5.74, 6) is -0.236. The molecule has 0 spiro atoms. The molecule has 3 amide bonds. The lowest BCUT2D eigenvalue weighted by Crippen LogP contribution is -2.50. The Bertz CT molecular complexity index is 864. The van der Waals surface area contributed by atoms with Gasteiger partial charge in [-0.15, -0.1) is 10.2 Å². The van der Waals surface area contributed by atoms with Crippen LogP contribution in [0, 0.1) is 0 Å². The van der Waals surface area contributed by atoms with Crippen LogP contribution in [0.4, 0.5) is 5.13 Å². The highest BCUT2D eigenvalue weighted by Gasteiger charge is 2.26. The second-order valence-electron chi connectivity index (χ2n) is 7.86. The first kappa shape index (κ1) is 21.0. The topological polar surface area (TPSA) is 109 Å². The van der Waals surface area contributed by atoms with E-state index in [-0.39, 0.29) is 36.0 Å². The van der Waals surface area contributed by atoms with Crippen LogP contribution >= 0.6 is 11.3 Å². The second kappa shape index (κ2) is 8.73. The van der Waals surface area contributed by atoms with Gasteiger partial charge in [-0.2, -0.15) is 0 Å². The Labute approximate surface area is 173 Å². The van der Waals surface area contributed by atoms with Crippen molar-refractivity contribution < 1.29 is 18.8 Å². The minimum Gasteiger partial charge on any atom is -0.459 e. The molecule has 0 radical (unpaired) electrons. The quantitative estimate of drug-likeness (QED) is 0.795. The maximum atomic E-state index is 12.4. The molecule has 29 heavy (non-hydrogen) atoms. The first-order valence-corrected chi connectivity index (χ1v) is 10.3. The molecular formula is C19H25N5O4S. The highest BCUT2D eigenvalue weighted by atomic mass is 32.1. The predicted octanol–water partition coefficient (Wildman–Crippen LogP) is 2.13. The van der Waals surface area contributed by atoms with E-state index in [2.05, 4.69) is 15.5 Å². The van der Waals surface area contributed by atoms with Crippen LogP contribution in [-0.2, 0) is 15.0 Å². The third-order valence-electron chi connectivity index (χ3n) is 4.53. The van der Waals surface area contributed by atoms with Gasteiger partial charge < -0.3 is 19.5 Å². The molecule has 1 aliphatic rings. The molecule has 2 aromatic rings. The van der Waals surface area contributed by atoms with Crippen molar-refractivity contribution >= 4 is 34.2 Å². The molecule has 156 valence electrons. The lowest BCUT2D eigenvalue weighted by atomic mass is 9.98. The summed E-state index contributed by atoms with van der Waals surface area (Å²) in [5, 5.41) is 12.1. The number of carbonyl (C=O) groups is 3. The zero-order chi connectivity index (χ0) is 21.0. The Balaban J connectivity index is 1.41. The van der Waals surface area contributed by atoms with Crippen molar-refractivity contribution in [1.29, 1.82) is 0 Å². The van der Waals surface area contributed by atoms with Gasteiger partial charge in [0.2, 0.25) is 16.9 Å². The van der Waals surface area contributed by atoms with Crippen LogP contribution < -0.4 is 5.32 Å². The maximum Gasteiger partial charge on any atom is 0.289 e. The summed E-state index contributed by atoms with van der Waals surface area (Å²) in [4.78, 5) is 40.1. The van der Waals surface area contributed by atoms with Crippen LogP contribution in [0.2, 0.25) is 0 Å². The number of carbonyl (C=O) groups excluding carboxylic acids is 3.